The third-order valence-electron chi connectivity index (χ3n) is 5.54. The first-order chi connectivity index (χ1) is 13.7. The Bertz CT molecular complexity index is 749. The van der Waals surface area contributed by atoms with Crippen LogP contribution in [0.3, 0.4) is 0 Å². The minimum Gasteiger partial charge on any atom is -0.497 e. The molecule has 1 heterocycles. The number of hydrogen-bond donors (Lipinski definition) is 1. The van der Waals surface area contributed by atoms with Gasteiger partial charge in [0.1, 0.15) is 5.75 Å². The number of carbonyl (C=O) groups excluding carboxylic acids is 1. The number of ether oxygens (including phenoxy) is 1. The maximum absolute atomic E-state index is 12.6. The molecule has 0 unspecified atom stereocenters. The Labute approximate surface area is 168 Å². The van der Waals surface area contributed by atoms with Crippen molar-refractivity contribution in [3.8, 4) is 5.75 Å². The number of amides is 1. The molecule has 28 heavy (non-hydrogen) atoms. The van der Waals surface area contributed by atoms with Gasteiger partial charge in [-0.15, -0.1) is 0 Å². The fraction of sp³-hybridized carbons (Fsp3) is 0.458. The average molecular weight is 381 g/mol. The van der Waals surface area contributed by atoms with Crippen molar-refractivity contribution < 1.29 is 9.53 Å². The van der Waals surface area contributed by atoms with Gasteiger partial charge in [-0.05, 0) is 74.2 Å². The van der Waals surface area contributed by atoms with Crippen LogP contribution in [0.5, 0.6) is 5.75 Å². The molecule has 0 saturated carbocycles. The molecule has 1 N–H and O–H groups in total. The van der Waals surface area contributed by atoms with Crippen LogP contribution < -0.4 is 10.1 Å². The zero-order valence-corrected chi connectivity index (χ0v) is 17.1. The molecule has 0 aromatic heterocycles. The molecule has 1 fully saturated rings. The van der Waals surface area contributed by atoms with Crippen LogP contribution in [0.25, 0.3) is 0 Å². The number of carbonyl (C=O) groups is 1. The van der Waals surface area contributed by atoms with Gasteiger partial charge in [0.25, 0.3) is 0 Å². The van der Waals surface area contributed by atoms with Crippen molar-refractivity contribution in [1.29, 1.82) is 0 Å². The van der Waals surface area contributed by atoms with E-state index in [9.17, 15) is 4.79 Å². The molecule has 0 spiro atoms. The first-order valence-electron chi connectivity index (χ1n) is 10.4. The molecule has 4 nitrogen and oxygen atoms in total. The van der Waals surface area contributed by atoms with Gasteiger partial charge in [-0.2, -0.15) is 0 Å². The van der Waals surface area contributed by atoms with Crippen LogP contribution in [-0.4, -0.2) is 31.0 Å². The third-order valence-corrected chi connectivity index (χ3v) is 5.54. The van der Waals surface area contributed by atoms with Crippen molar-refractivity contribution in [1.82, 2.24) is 4.90 Å². The number of likely N-dealkylation sites (tertiary alicyclic amines) is 1. The second kappa shape index (κ2) is 10.3. The zero-order valence-electron chi connectivity index (χ0n) is 17.1. The minimum atomic E-state index is 0.0985. The molecule has 2 aromatic rings. The summed E-state index contributed by atoms with van der Waals surface area (Å²) in [6.45, 7) is 5.01. The number of aryl methyl sites for hydroxylation is 1. The highest BCUT2D eigenvalue weighted by atomic mass is 16.5. The van der Waals surface area contributed by atoms with Crippen molar-refractivity contribution >= 4 is 11.6 Å². The second-order valence-electron chi connectivity index (χ2n) is 7.69. The molecule has 0 radical (unpaired) electrons. The number of nitrogens with one attached hydrogen (secondary N) is 1. The lowest BCUT2D eigenvalue weighted by atomic mass is 9.95. The summed E-state index contributed by atoms with van der Waals surface area (Å²) in [6.07, 6.45) is 5.33. The van der Waals surface area contributed by atoms with Gasteiger partial charge in [0, 0.05) is 18.2 Å². The van der Waals surface area contributed by atoms with Gasteiger partial charge in [0.2, 0.25) is 5.91 Å². The van der Waals surface area contributed by atoms with Crippen LogP contribution in [0.1, 0.15) is 43.7 Å². The van der Waals surface area contributed by atoms with E-state index in [0.717, 1.165) is 50.3 Å². The molecule has 2 aromatic carbocycles. The molecule has 4 heteroatoms. The first-order valence-corrected chi connectivity index (χ1v) is 10.4. The molecular formula is C24H32N2O2. The predicted molar refractivity (Wildman–Crippen MR) is 115 cm³/mol. The van der Waals surface area contributed by atoms with E-state index in [4.69, 9.17) is 4.74 Å². The summed E-state index contributed by atoms with van der Waals surface area (Å²) in [5, 5.41) is 3.10. The third kappa shape index (κ3) is 5.83. The molecule has 0 atom stereocenters. The Morgan fingerprint density at radius 2 is 1.86 bits per heavy atom. The number of benzene rings is 2. The highest BCUT2D eigenvalue weighted by Crippen LogP contribution is 2.22. The molecule has 150 valence electrons. The average Bonchev–Trinajstić information content (AvgIpc) is 2.74. The normalized spacial score (nSPS) is 15.4. The summed E-state index contributed by atoms with van der Waals surface area (Å²) in [5.41, 5.74) is 3.50. The summed E-state index contributed by atoms with van der Waals surface area (Å²) in [4.78, 5) is 15.0. The van der Waals surface area contributed by atoms with Crippen LogP contribution >= 0.6 is 0 Å². The van der Waals surface area contributed by atoms with Gasteiger partial charge < -0.3 is 10.1 Å². The fourth-order valence-electron chi connectivity index (χ4n) is 3.76. The Kier molecular flexibility index (Phi) is 7.49. The lowest BCUT2D eigenvalue weighted by molar-refractivity contribution is -0.121. The van der Waals surface area contributed by atoms with E-state index in [1.165, 1.54) is 24.0 Å². The summed E-state index contributed by atoms with van der Waals surface area (Å²) in [7, 11) is 1.70. The van der Waals surface area contributed by atoms with Crippen LogP contribution in [0, 0.1) is 5.92 Å². The number of rotatable bonds is 8. The van der Waals surface area contributed by atoms with Crippen molar-refractivity contribution in [2.45, 2.75) is 45.6 Å². The predicted octanol–water partition coefficient (Wildman–Crippen LogP) is 4.89. The molecule has 0 bridgehead atoms. The molecule has 3 rings (SSSR count). The monoisotopic (exact) mass is 380 g/mol. The van der Waals surface area contributed by atoms with E-state index in [1.807, 2.05) is 24.3 Å². The van der Waals surface area contributed by atoms with Crippen LogP contribution in [0.2, 0.25) is 0 Å². The molecule has 1 aliphatic heterocycles. The van der Waals surface area contributed by atoms with Gasteiger partial charge in [-0.25, -0.2) is 0 Å². The van der Waals surface area contributed by atoms with Gasteiger partial charge >= 0.3 is 0 Å². The SMILES string of the molecule is CCCCc1ccc(NC(=O)C2CCN(Cc3cccc(OC)c3)CC2)cc1. The number of unbranched alkanes of at least 4 members (excludes halogenated alkanes) is 1. The Hall–Kier alpha value is -2.33. The van der Waals surface area contributed by atoms with Gasteiger partial charge in [0.15, 0.2) is 0 Å². The van der Waals surface area contributed by atoms with Crippen LogP contribution in [-0.2, 0) is 17.8 Å². The van der Waals surface area contributed by atoms with Crippen molar-refractivity contribution in [2.75, 3.05) is 25.5 Å². The molecule has 1 saturated heterocycles. The molecular weight excluding hydrogens is 348 g/mol. The van der Waals surface area contributed by atoms with Crippen molar-refractivity contribution in [3.63, 3.8) is 0 Å². The van der Waals surface area contributed by atoms with E-state index < -0.39 is 0 Å². The van der Waals surface area contributed by atoms with Gasteiger partial charge in [-0.3, -0.25) is 9.69 Å². The fourth-order valence-corrected chi connectivity index (χ4v) is 3.76. The van der Waals surface area contributed by atoms with Gasteiger partial charge in [0.05, 0.1) is 7.11 Å². The topological polar surface area (TPSA) is 41.6 Å². The van der Waals surface area contributed by atoms with E-state index in [1.54, 1.807) is 7.11 Å². The quantitative estimate of drug-likeness (QED) is 0.709. The van der Waals surface area contributed by atoms with E-state index in [0.29, 0.717) is 0 Å². The number of anilines is 1. The van der Waals surface area contributed by atoms with Crippen molar-refractivity contribution in [3.05, 3.63) is 59.7 Å². The summed E-state index contributed by atoms with van der Waals surface area (Å²) in [5.74, 6) is 1.15. The Morgan fingerprint density at radius 3 is 2.54 bits per heavy atom. The maximum Gasteiger partial charge on any atom is 0.227 e. The summed E-state index contributed by atoms with van der Waals surface area (Å²) >= 11 is 0. The zero-order chi connectivity index (χ0) is 19.8. The number of piperidine rings is 1. The lowest BCUT2D eigenvalue weighted by Gasteiger charge is -2.31. The second-order valence-corrected chi connectivity index (χ2v) is 7.69. The lowest BCUT2D eigenvalue weighted by Crippen LogP contribution is -2.37. The van der Waals surface area contributed by atoms with E-state index >= 15 is 0 Å². The highest BCUT2D eigenvalue weighted by Gasteiger charge is 2.25. The Balaban J connectivity index is 1.45. The maximum atomic E-state index is 12.6. The van der Waals surface area contributed by atoms with Crippen LogP contribution in [0.15, 0.2) is 48.5 Å². The number of methoxy groups -OCH3 is 1. The largest absolute Gasteiger partial charge is 0.497 e. The number of nitrogens with zero attached hydrogens (tertiary/aromatic N) is 1. The molecule has 1 aliphatic rings. The first kappa shape index (κ1) is 20.4. The molecule has 1 amide bonds. The smallest absolute Gasteiger partial charge is 0.227 e. The standard InChI is InChI=1S/C24H32N2O2/c1-3-4-6-19-9-11-22(12-10-19)25-24(27)21-13-15-26(16-14-21)18-20-7-5-8-23(17-20)28-2/h5,7-12,17,21H,3-4,6,13-16,18H2,1-2H3,(H,25,27). The van der Waals surface area contributed by atoms with E-state index in [-0.39, 0.29) is 11.8 Å². The minimum absolute atomic E-state index is 0.0985. The summed E-state index contributed by atoms with van der Waals surface area (Å²) < 4.78 is 5.30. The highest BCUT2D eigenvalue weighted by molar-refractivity contribution is 5.92. The number of hydrogen-bond acceptors (Lipinski definition) is 3. The Morgan fingerprint density at radius 1 is 1.11 bits per heavy atom. The van der Waals surface area contributed by atoms with Gasteiger partial charge in [-0.1, -0.05) is 37.6 Å². The van der Waals surface area contributed by atoms with Crippen LogP contribution in [0.4, 0.5) is 5.69 Å². The van der Waals surface area contributed by atoms with Crippen molar-refractivity contribution in [2.24, 2.45) is 5.92 Å². The summed E-state index contributed by atoms with van der Waals surface area (Å²) in [6, 6.07) is 16.5. The van der Waals surface area contributed by atoms with E-state index in [2.05, 4.69) is 41.4 Å². The molecule has 0 aliphatic carbocycles.